The average molecular weight is 664 g/mol. The zero-order chi connectivity index (χ0) is 28.8. The number of carbonyl (C=O) groups is 1. The predicted molar refractivity (Wildman–Crippen MR) is 168 cm³/mol. The Bertz CT molecular complexity index is 1600. The van der Waals surface area contributed by atoms with Gasteiger partial charge in [0.25, 0.3) is 0 Å². The number of thioether (sulfide) groups is 1. The number of nitrogens with two attached hydrogens (primary N) is 1. The fraction of sp³-hybridized carbons (Fsp3) is 0.273. The third kappa shape index (κ3) is 5.44. The van der Waals surface area contributed by atoms with Gasteiger partial charge in [-0.3, -0.25) is 9.69 Å². The SMILES string of the molecule is Cc1cc(C)c(C2C(C#N)=C(N)N(c3ccc(I)cc3)C3=C2C(=O)CC(C)(C)C3)cc1CSc1ccc(F)cc1. The molecule has 7 heteroatoms. The van der Waals surface area contributed by atoms with E-state index < -0.39 is 5.92 Å². The van der Waals surface area contributed by atoms with E-state index in [1.807, 2.05) is 36.1 Å². The van der Waals surface area contributed by atoms with E-state index in [9.17, 15) is 14.4 Å². The Morgan fingerprint density at radius 1 is 1.07 bits per heavy atom. The van der Waals surface area contributed by atoms with Crippen LogP contribution in [0.15, 0.2) is 88.2 Å². The molecule has 0 amide bonds. The maximum absolute atomic E-state index is 13.9. The zero-order valence-corrected chi connectivity index (χ0v) is 26.0. The normalized spacial score (nSPS) is 18.6. The molecule has 0 saturated heterocycles. The molecule has 5 rings (SSSR count). The highest BCUT2D eigenvalue weighted by atomic mass is 127. The highest BCUT2D eigenvalue weighted by Crippen LogP contribution is 2.51. The van der Waals surface area contributed by atoms with E-state index in [0.29, 0.717) is 35.6 Å². The molecule has 3 aromatic rings. The minimum absolute atomic E-state index is 0.0641. The molecule has 0 aromatic heterocycles. The third-order valence-corrected chi connectivity index (χ3v) is 9.49. The van der Waals surface area contributed by atoms with Gasteiger partial charge in [-0.25, -0.2) is 4.39 Å². The second-order valence-corrected chi connectivity index (χ2v) is 13.6. The Labute approximate surface area is 253 Å². The molecule has 4 nitrogen and oxygen atoms in total. The lowest BCUT2D eigenvalue weighted by atomic mass is 9.68. The van der Waals surface area contributed by atoms with Crippen molar-refractivity contribution in [2.24, 2.45) is 11.1 Å². The largest absolute Gasteiger partial charge is 0.384 e. The number of nitriles is 1. The van der Waals surface area contributed by atoms with Crippen LogP contribution in [0, 0.1) is 40.0 Å². The molecule has 1 aliphatic carbocycles. The molecule has 0 spiro atoms. The van der Waals surface area contributed by atoms with E-state index in [4.69, 9.17) is 5.73 Å². The molecule has 1 unspecified atom stereocenters. The van der Waals surface area contributed by atoms with Crippen molar-refractivity contribution in [2.75, 3.05) is 4.90 Å². The minimum Gasteiger partial charge on any atom is -0.384 e. The van der Waals surface area contributed by atoms with Crippen LogP contribution in [0.2, 0.25) is 0 Å². The molecule has 2 N–H and O–H groups in total. The van der Waals surface area contributed by atoms with E-state index in [0.717, 1.165) is 42.1 Å². The first kappa shape index (κ1) is 28.4. The molecular formula is C33H31FIN3OS. The second kappa shape index (κ2) is 11.1. The molecule has 204 valence electrons. The smallest absolute Gasteiger partial charge is 0.162 e. The summed E-state index contributed by atoms with van der Waals surface area (Å²) in [7, 11) is 0. The van der Waals surface area contributed by atoms with E-state index >= 15 is 0 Å². The fourth-order valence-electron chi connectivity index (χ4n) is 5.78. The van der Waals surface area contributed by atoms with Gasteiger partial charge in [0.15, 0.2) is 5.78 Å². The first-order valence-corrected chi connectivity index (χ1v) is 15.3. The molecule has 1 heterocycles. The van der Waals surface area contributed by atoms with Crippen LogP contribution < -0.4 is 10.6 Å². The molecular weight excluding hydrogens is 632 g/mol. The summed E-state index contributed by atoms with van der Waals surface area (Å²) in [5.74, 6) is 0.334. The maximum atomic E-state index is 13.9. The first-order chi connectivity index (χ1) is 19.0. The number of benzene rings is 3. The summed E-state index contributed by atoms with van der Waals surface area (Å²) in [4.78, 5) is 16.8. The third-order valence-electron chi connectivity index (χ3n) is 7.71. The van der Waals surface area contributed by atoms with Crippen LogP contribution in [0.4, 0.5) is 10.1 Å². The summed E-state index contributed by atoms with van der Waals surface area (Å²) >= 11 is 3.89. The number of halogens is 2. The zero-order valence-electron chi connectivity index (χ0n) is 23.0. The fourth-order valence-corrected chi connectivity index (χ4v) is 7.10. The number of rotatable bonds is 5. The van der Waals surface area contributed by atoms with Crippen molar-refractivity contribution in [2.45, 2.75) is 57.1 Å². The molecule has 0 saturated carbocycles. The highest BCUT2D eigenvalue weighted by molar-refractivity contribution is 14.1. The molecule has 1 atom stereocenters. The monoisotopic (exact) mass is 663 g/mol. The number of ketones is 1. The van der Waals surface area contributed by atoms with E-state index in [1.54, 1.807) is 23.9 Å². The van der Waals surface area contributed by atoms with Crippen molar-refractivity contribution in [1.29, 1.82) is 5.26 Å². The van der Waals surface area contributed by atoms with Crippen molar-refractivity contribution in [1.82, 2.24) is 0 Å². The summed E-state index contributed by atoms with van der Waals surface area (Å²) in [6.07, 6.45) is 1.09. The van der Waals surface area contributed by atoms with Gasteiger partial charge in [-0.15, -0.1) is 11.8 Å². The summed E-state index contributed by atoms with van der Waals surface area (Å²) < 4.78 is 14.5. The number of carbonyl (C=O) groups excluding carboxylic acids is 1. The number of hydrogen-bond acceptors (Lipinski definition) is 5. The number of aryl methyl sites for hydroxylation is 2. The van der Waals surface area contributed by atoms with Crippen LogP contribution in [0.5, 0.6) is 0 Å². The Kier molecular flexibility index (Phi) is 7.86. The number of hydrogen-bond donors (Lipinski definition) is 1. The van der Waals surface area contributed by atoms with Gasteiger partial charge in [0, 0.05) is 37.6 Å². The van der Waals surface area contributed by atoms with Crippen LogP contribution in [0.1, 0.15) is 54.9 Å². The molecule has 40 heavy (non-hydrogen) atoms. The van der Waals surface area contributed by atoms with Crippen molar-refractivity contribution in [3.05, 3.63) is 115 Å². The lowest BCUT2D eigenvalue weighted by Crippen LogP contribution is -2.42. The van der Waals surface area contributed by atoms with Crippen molar-refractivity contribution in [3.63, 3.8) is 0 Å². The van der Waals surface area contributed by atoms with Gasteiger partial charge in [0.2, 0.25) is 0 Å². The number of nitrogens with zero attached hydrogens (tertiary/aromatic N) is 2. The number of anilines is 1. The molecule has 2 aliphatic rings. The van der Waals surface area contributed by atoms with Gasteiger partial charge in [0.05, 0.1) is 17.6 Å². The van der Waals surface area contributed by atoms with Gasteiger partial charge in [0.1, 0.15) is 11.6 Å². The van der Waals surface area contributed by atoms with Crippen LogP contribution in [0.3, 0.4) is 0 Å². The molecule has 0 bridgehead atoms. The topological polar surface area (TPSA) is 70.1 Å². The standard InChI is InChI=1S/C33H31FIN3OS/c1-19-13-20(2)26(14-21(19)18-40-25-11-5-22(34)6-12-25)30-27(17-36)32(37)38(24-9-7-23(35)8-10-24)28-15-33(3,4)16-29(39)31(28)30/h5-14,30H,15-16,18,37H2,1-4H3. The van der Waals surface area contributed by atoms with Crippen molar-refractivity contribution >= 4 is 45.8 Å². The Hall–Kier alpha value is -3.09. The predicted octanol–water partition coefficient (Wildman–Crippen LogP) is 8.28. The summed E-state index contributed by atoms with van der Waals surface area (Å²) in [6, 6.07) is 21.1. The first-order valence-electron chi connectivity index (χ1n) is 13.2. The van der Waals surface area contributed by atoms with Crippen molar-refractivity contribution < 1.29 is 9.18 Å². The van der Waals surface area contributed by atoms with Crippen molar-refractivity contribution in [3.8, 4) is 6.07 Å². The van der Waals surface area contributed by atoms with Crippen LogP contribution in [-0.2, 0) is 10.5 Å². The Balaban J connectivity index is 1.65. The second-order valence-electron chi connectivity index (χ2n) is 11.3. The summed E-state index contributed by atoms with van der Waals surface area (Å²) in [6.45, 7) is 8.33. The van der Waals surface area contributed by atoms with Gasteiger partial charge in [-0.2, -0.15) is 5.26 Å². The number of allylic oxidation sites excluding steroid dienone is 3. The quantitative estimate of drug-likeness (QED) is 0.220. The van der Waals surface area contributed by atoms with Crippen LogP contribution in [-0.4, -0.2) is 5.78 Å². The van der Waals surface area contributed by atoms with Gasteiger partial charge < -0.3 is 5.73 Å². The lowest BCUT2D eigenvalue weighted by Gasteiger charge is -2.44. The van der Waals surface area contributed by atoms with Gasteiger partial charge in [-0.1, -0.05) is 26.0 Å². The average Bonchev–Trinajstić information content (AvgIpc) is 2.89. The Morgan fingerprint density at radius 2 is 1.75 bits per heavy atom. The minimum atomic E-state index is -0.529. The van der Waals surface area contributed by atoms with E-state index in [1.165, 1.54) is 12.1 Å². The Morgan fingerprint density at radius 3 is 2.40 bits per heavy atom. The molecule has 3 aromatic carbocycles. The molecule has 0 fully saturated rings. The van der Waals surface area contributed by atoms with E-state index in [-0.39, 0.29) is 17.0 Å². The van der Waals surface area contributed by atoms with Gasteiger partial charge in [-0.05, 0) is 119 Å². The van der Waals surface area contributed by atoms with E-state index in [2.05, 4.69) is 61.6 Å². The van der Waals surface area contributed by atoms with Gasteiger partial charge >= 0.3 is 0 Å². The van der Waals surface area contributed by atoms with Crippen LogP contribution >= 0.6 is 34.4 Å². The molecule has 1 aliphatic heterocycles. The molecule has 0 radical (unpaired) electrons. The van der Waals surface area contributed by atoms with Crippen LogP contribution in [0.25, 0.3) is 0 Å². The summed E-state index contributed by atoms with van der Waals surface area (Å²) in [5.41, 5.74) is 13.6. The summed E-state index contributed by atoms with van der Waals surface area (Å²) in [5, 5.41) is 10.5. The lowest BCUT2D eigenvalue weighted by molar-refractivity contribution is -0.118. The number of Topliss-reactive ketones (excluding diaryl/α,β-unsaturated/α-hetero) is 1. The maximum Gasteiger partial charge on any atom is 0.162 e. The highest BCUT2D eigenvalue weighted by Gasteiger charge is 2.45.